The summed E-state index contributed by atoms with van der Waals surface area (Å²) < 4.78 is 11.1. The first-order valence-corrected chi connectivity index (χ1v) is 12.0. The van der Waals surface area contributed by atoms with Gasteiger partial charge in [0, 0.05) is 36.7 Å². The molecule has 174 valence electrons. The molecule has 7 heteroatoms. The van der Waals surface area contributed by atoms with Crippen LogP contribution in [0.4, 0.5) is 0 Å². The van der Waals surface area contributed by atoms with Crippen molar-refractivity contribution in [3.8, 4) is 11.3 Å². The van der Waals surface area contributed by atoms with Crippen LogP contribution < -0.4 is 5.32 Å². The first-order valence-electron chi connectivity index (χ1n) is 12.0. The molecule has 0 radical (unpaired) electrons. The number of nitrogens with zero attached hydrogens (tertiary/aromatic N) is 3. The third-order valence-electron chi connectivity index (χ3n) is 6.64. The standard InChI is InChI=1S/C25H36N4O3/c1-16-12-21(32-29-16)20-15-27-24(25(2,3)4)28-23(20)18-9-7-17(8-10-18)14-26-22(30)13-19-6-5-11-31-19/h12,15,17-19H,5-11,13-14H2,1-4H3,(H,26,30). The molecule has 1 aliphatic carbocycles. The first kappa shape index (κ1) is 22.9. The van der Waals surface area contributed by atoms with E-state index in [1.54, 1.807) is 0 Å². The van der Waals surface area contributed by atoms with Crippen molar-refractivity contribution in [1.29, 1.82) is 0 Å². The van der Waals surface area contributed by atoms with Crippen molar-refractivity contribution >= 4 is 5.91 Å². The molecule has 1 amide bonds. The number of rotatable bonds is 6. The molecule has 1 saturated heterocycles. The van der Waals surface area contributed by atoms with Crippen molar-refractivity contribution in [2.75, 3.05) is 13.2 Å². The highest BCUT2D eigenvalue weighted by Gasteiger charge is 2.29. The SMILES string of the molecule is Cc1cc(-c2cnc(C(C)(C)C)nc2C2CCC(CNC(=O)CC3CCCO3)CC2)on1. The maximum Gasteiger partial charge on any atom is 0.222 e. The van der Waals surface area contributed by atoms with E-state index in [0.29, 0.717) is 18.3 Å². The van der Waals surface area contributed by atoms with Crippen LogP contribution in [0.1, 0.15) is 88.8 Å². The first-order chi connectivity index (χ1) is 15.3. The van der Waals surface area contributed by atoms with Crippen molar-refractivity contribution in [3.05, 3.63) is 29.5 Å². The minimum absolute atomic E-state index is 0.110. The summed E-state index contributed by atoms with van der Waals surface area (Å²) in [6, 6.07) is 1.95. The molecule has 1 unspecified atom stereocenters. The molecule has 1 saturated carbocycles. The van der Waals surface area contributed by atoms with Gasteiger partial charge in [-0.15, -0.1) is 0 Å². The molecule has 2 aliphatic rings. The van der Waals surface area contributed by atoms with Gasteiger partial charge >= 0.3 is 0 Å². The summed E-state index contributed by atoms with van der Waals surface area (Å²) in [6.45, 7) is 9.89. The third kappa shape index (κ3) is 5.55. The van der Waals surface area contributed by atoms with E-state index >= 15 is 0 Å². The van der Waals surface area contributed by atoms with Crippen LogP contribution in [-0.4, -0.2) is 40.3 Å². The highest BCUT2D eigenvalue weighted by Crippen LogP contribution is 2.39. The van der Waals surface area contributed by atoms with Crippen LogP contribution in [0, 0.1) is 12.8 Å². The van der Waals surface area contributed by atoms with Crippen molar-refractivity contribution in [3.63, 3.8) is 0 Å². The Morgan fingerprint density at radius 2 is 1.97 bits per heavy atom. The Morgan fingerprint density at radius 3 is 2.59 bits per heavy atom. The summed E-state index contributed by atoms with van der Waals surface area (Å²) in [4.78, 5) is 21.9. The maximum atomic E-state index is 12.2. The van der Waals surface area contributed by atoms with Crippen LogP contribution in [0.25, 0.3) is 11.3 Å². The number of hydrogen-bond donors (Lipinski definition) is 1. The van der Waals surface area contributed by atoms with Gasteiger partial charge in [-0.1, -0.05) is 25.9 Å². The number of hydrogen-bond acceptors (Lipinski definition) is 6. The minimum atomic E-state index is -0.116. The van der Waals surface area contributed by atoms with E-state index in [0.717, 1.165) is 80.2 Å². The van der Waals surface area contributed by atoms with Gasteiger partial charge in [0.05, 0.1) is 29.5 Å². The zero-order valence-electron chi connectivity index (χ0n) is 19.8. The third-order valence-corrected chi connectivity index (χ3v) is 6.64. The highest BCUT2D eigenvalue weighted by atomic mass is 16.5. The maximum absolute atomic E-state index is 12.2. The molecule has 2 aromatic rings. The fourth-order valence-corrected chi connectivity index (χ4v) is 4.73. The van der Waals surface area contributed by atoms with Gasteiger partial charge in [-0.2, -0.15) is 0 Å². The molecule has 0 aromatic carbocycles. The van der Waals surface area contributed by atoms with Crippen molar-refractivity contribution < 1.29 is 14.1 Å². The molecular weight excluding hydrogens is 404 g/mol. The van der Waals surface area contributed by atoms with Crippen LogP contribution in [0.5, 0.6) is 0 Å². The van der Waals surface area contributed by atoms with E-state index in [-0.39, 0.29) is 17.4 Å². The average molecular weight is 441 g/mol. The number of ether oxygens (including phenoxy) is 1. The van der Waals surface area contributed by atoms with Gasteiger partial charge in [0.2, 0.25) is 5.91 Å². The van der Waals surface area contributed by atoms with E-state index < -0.39 is 0 Å². The van der Waals surface area contributed by atoms with Crippen LogP contribution >= 0.6 is 0 Å². The van der Waals surface area contributed by atoms with E-state index in [1.807, 2.05) is 19.2 Å². The topological polar surface area (TPSA) is 90.1 Å². The van der Waals surface area contributed by atoms with Gasteiger partial charge in [0.1, 0.15) is 5.82 Å². The molecule has 0 bridgehead atoms. The van der Waals surface area contributed by atoms with Crippen molar-refractivity contribution in [1.82, 2.24) is 20.4 Å². The van der Waals surface area contributed by atoms with E-state index in [4.69, 9.17) is 14.2 Å². The predicted octanol–water partition coefficient (Wildman–Crippen LogP) is 4.70. The van der Waals surface area contributed by atoms with Crippen LogP contribution in [0.15, 0.2) is 16.8 Å². The number of aromatic nitrogens is 3. The van der Waals surface area contributed by atoms with Crippen LogP contribution in [0.3, 0.4) is 0 Å². The second kappa shape index (κ2) is 9.69. The number of aryl methyl sites for hydroxylation is 1. The number of amides is 1. The van der Waals surface area contributed by atoms with Gasteiger partial charge < -0.3 is 14.6 Å². The Morgan fingerprint density at radius 1 is 1.19 bits per heavy atom. The number of carbonyl (C=O) groups is 1. The van der Waals surface area contributed by atoms with Crippen molar-refractivity contribution in [2.24, 2.45) is 5.92 Å². The normalized spacial score (nSPS) is 23.9. The second-order valence-corrected chi connectivity index (χ2v) is 10.4. The van der Waals surface area contributed by atoms with Gasteiger partial charge in [-0.05, 0) is 51.4 Å². The summed E-state index contributed by atoms with van der Waals surface area (Å²) >= 11 is 0. The summed E-state index contributed by atoms with van der Waals surface area (Å²) in [6.07, 6.45) is 8.83. The summed E-state index contributed by atoms with van der Waals surface area (Å²) in [5.41, 5.74) is 2.76. The molecule has 4 rings (SSSR count). The lowest BCUT2D eigenvalue weighted by atomic mass is 9.79. The molecule has 2 fully saturated rings. The average Bonchev–Trinajstić information content (AvgIpc) is 3.43. The Kier molecular flexibility index (Phi) is 6.93. The molecule has 1 atom stereocenters. The molecule has 3 heterocycles. The predicted molar refractivity (Wildman–Crippen MR) is 122 cm³/mol. The summed E-state index contributed by atoms with van der Waals surface area (Å²) in [5, 5.41) is 7.20. The van der Waals surface area contributed by atoms with Gasteiger partial charge in [-0.3, -0.25) is 4.79 Å². The highest BCUT2D eigenvalue weighted by molar-refractivity contribution is 5.76. The minimum Gasteiger partial charge on any atom is -0.378 e. The molecule has 2 aromatic heterocycles. The lowest BCUT2D eigenvalue weighted by Gasteiger charge is -2.30. The number of carbonyl (C=O) groups excluding carboxylic acids is 1. The smallest absolute Gasteiger partial charge is 0.222 e. The quantitative estimate of drug-likeness (QED) is 0.700. The van der Waals surface area contributed by atoms with E-state index in [9.17, 15) is 4.79 Å². The van der Waals surface area contributed by atoms with Crippen LogP contribution in [-0.2, 0) is 14.9 Å². The lowest BCUT2D eigenvalue weighted by Crippen LogP contribution is -2.33. The Hall–Kier alpha value is -2.28. The summed E-state index contributed by atoms with van der Waals surface area (Å²) in [5.74, 6) is 2.59. The van der Waals surface area contributed by atoms with Crippen molar-refractivity contribution in [2.45, 2.75) is 90.1 Å². The van der Waals surface area contributed by atoms with E-state index in [1.165, 1.54) is 0 Å². The molecule has 0 spiro atoms. The fraction of sp³-hybridized carbons (Fsp3) is 0.680. The number of nitrogens with one attached hydrogen (secondary N) is 1. The molecule has 32 heavy (non-hydrogen) atoms. The lowest BCUT2D eigenvalue weighted by molar-refractivity contribution is -0.123. The largest absolute Gasteiger partial charge is 0.378 e. The second-order valence-electron chi connectivity index (χ2n) is 10.4. The molecule has 7 nitrogen and oxygen atoms in total. The van der Waals surface area contributed by atoms with Gasteiger partial charge in [-0.25, -0.2) is 9.97 Å². The Labute approximate surface area is 190 Å². The zero-order chi connectivity index (χ0) is 22.7. The monoisotopic (exact) mass is 440 g/mol. The molecular formula is C25H36N4O3. The van der Waals surface area contributed by atoms with Gasteiger partial charge in [0.25, 0.3) is 0 Å². The molecule has 1 aliphatic heterocycles. The van der Waals surface area contributed by atoms with Gasteiger partial charge in [0.15, 0.2) is 5.76 Å². The zero-order valence-corrected chi connectivity index (χ0v) is 19.8. The van der Waals surface area contributed by atoms with E-state index in [2.05, 4.69) is 36.2 Å². The Balaban J connectivity index is 1.40. The van der Waals surface area contributed by atoms with Crippen LogP contribution in [0.2, 0.25) is 0 Å². The fourth-order valence-electron chi connectivity index (χ4n) is 4.73. The summed E-state index contributed by atoms with van der Waals surface area (Å²) in [7, 11) is 0. The molecule has 1 N–H and O–H groups in total. The Bertz CT molecular complexity index is 920.